The van der Waals surface area contributed by atoms with E-state index in [2.05, 4.69) is 44.6 Å². The molecule has 7 nitrogen and oxygen atoms in total. The van der Waals surface area contributed by atoms with Crippen LogP contribution in [-0.2, 0) is 25.8 Å². The van der Waals surface area contributed by atoms with E-state index >= 15 is 0 Å². The van der Waals surface area contributed by atoms with E-state index in [1.807, 2.05) is 11.8 Å². The van der Waals surface area contributed by atoms with Crippen molar-refractivity contribution in [3.63, 3.8) is 0 Å². The summed E-state index contributed by atoms with van der Waals surface area (Å²) in [5.41, 5.74) is 2.99. The molecule has 4 rings (SSSR count). The van der Waals surface area contributed by atoms with Crippen LogP contribution >= 0.6 is 0 Å². The SMILES string of the molecule is CCc1noc(CNC(=O)N2CCN([C@@H]3CCc4ccccc4C3)CC2)n1. The lowest BCUT2D eigenvalue weighted by atomic mass is 9.87. The first kappa shape index (κ1) is 18.0. The van der Waals surface area contributed by atoms with E-state index in [4.69, 9.17) is 4.52 Å². The molecule has 1 atom stereocenters. The molecule has 0 radical (unpaired) electrons. The molecule has 1 aromatic heterocycles. The Balaban J connectivity index is 1.24. The van der Waals surface area contributed by atoms with Gasteiger partial charge in [-0.2, -0.15) is 4.98 Å². The smallest absolute Gasteiger partial charge is 0.317 e. The highest BCUT2D eigenvalue weighted by Gasteiger charge is 2.28. The third kappa shape index (κ3) is 4.13. The minimum atomic E-state index is -0.0557. The summed E-state index contributed by atoms with van der Waals surface area (Å²) in [6.45, 7) is 5.63. The number of piperazine rings is 1. The number of aryl methyl sites for hydroxylation is 2. The van der Waals surface area contributed by atoms with Crippen LogP contribution in [0.1, 0.15) is 36.2 Å². The van der Waals surface area contributed by atoms with Crippen LogP contribution in [0, 0.1) is 0 Å². The Kier molecular flexibility index (Phi) is 5.38. The average Bonchev–Trinajstić information content (AvgIpc) is 3.20. The molecule has 2 aliphatic rings. The van der Waals surface area contributed by atoms with Crippen molar-refractivity contribution >= 4 is 6.03 Å². The van der Waals surface area contributed by atoms with E-state index in [0.29, 0.717) is 17.8 Å². The molecule has 0 bridgehead atoms. The molecule has 0 saturated carbocycles. The first-order valence-electron chi connectivity index (χ1n) is 9.88. The molecule has 1 aromatic carbocycles. The average molecular weight is 369 g/mol. The van der Waals surface area contributed by atoms with Gasteiger partial charge < -0.3 is 14.7 Å². The fourth-order valence-electron chi connectivity index (χ4n) is 4.05. The largest absolute Gasteiger partial charge is 0.337 e. The zero-order valence-corrected chi connectivity index (χ0v) is 15.9. The van der Waals surface area contributed by atoms with Crippen molar-refractivity contribution in [1.29, 1.82) is 0 Å². The summed E-state index contributed by atoms with van der Waals surface area (Å²) in [5, 5.41) is 6.73. The Morgan fingerprint density at radius 3 is 2.74 bits per heavy atom. The molecule has 1 aliphatic carbocycles. The van der Waals surface area contributed by atoms with Gasteiger partial charge in [0.15, 0.2) is 5.82 Å². The van der Waals surface area contributed by atoms with Gasteiger partial charge in [0.05, 0.1) is 6.54 Å². The van der Waals surface area contributed by atoms with Gasteiger partial charge >= 0.3 is 6.03 Å². The zero-order valence-electron chi connectivity index (χ0n) is 15.9. The van der Waals surface area contributed by atoms with Crippen LogP contribution in [-0.4, -0.2) is 58.2 Å². The monoisotopic (exact) mass is 369 g/mol. The summed E-state index contributed by atoms with van der Waals surface area (Å²) in [4.78, 5) is 21.0. The lowest BCUT2D eigenvalue weighted by molar-refractivity contribution is 0.101. The minimum absolute atomic E-state index is 0.0557. The van der Waals surface area contributed by atoms with Crippen LogP contribution < -0.4 is 5.32 Å². The second-order valence-corrected chi connectivity index (χ2v) is 7.30. The highest BCUT2D eigenvalue weighted by atomic mass is 16.5. The summed E-state index contributed by atoms with van der Waals surface area (Å²) >= 11 is 0. The highest BCUT2D eigenvalue weighted by Crippen LogP contribution is 2.25. The zero-order chi connectivity index (χ0) is 18.6. The number of benzene rings is 1. The highest BCUT2D eigenvalue weighted by molar-refractivity contribution is 5.74. The molecule has 144 valence electrons. The van der Waals surface area contributed by atoms with E-state index in [9.17, 15) is 4.79 Å². The van der Waals surface area contributed by atoms with Crippen molar-refractivity contribution in [3.05, 3.63) is 47.1 Å². The number of hydrogen-bond acceptors (Lipinski definition) is 5. The fourth-order valence-corrected chi connectivity index (χ4v) is 4.05. The van der Waals surface area contributed by atoms with Crippen molar-refractivity contribution < 1.29 is 9.32 Å². The molecular weight excluding hydrogens is 342 g/mol. The summed E-state index contributed by atoms with van der Waals surface area (Å²) in [7, 11) is 0. The number of hydrogen-bond donors (Lipinski definition) is 1. The number of urea groups is 1. The third-order valence-electron chi connectivity index (χ3n) is 5.66. The molecule has 27 heavy (non-hydrogen) atoms. The first-order chi connectivity index (χ1) is 13.2. The van der Waals surface area contributed by atoms with Gasteiger partial charge in [0.25, 0.3) is 0 Å². The molecular formula is C20H27N5O2. The van der Waals surface area contributed by atoms with Gasteiger partial charge in [-0.25, -0.2) is 4.79 Å². The molecule has 0 unspecified atom stereocenters. The summed E-state index contributed by atoms with van der Waals surface area (Å²) < 4.78 is 5.12. The number of rotatable bonds is 4. The Morgan fingerprint density at radius 1 is 1.22 bits per heavy atom. The van der Waals surface area contributed by atoms with Crippen LogP contribution in [0.4, 0.5) is 4.79 Å². The maximum absolute atomic E-state index is 12.4. The van der Waals surface area contributed by atoms with E-state index < -0.39 is 0 Å². The molecule has 2 aromatic rings. The minimum Gasteiger partial charge on any atom is -0.337 e. The van der Waals surface area contributed by atoms with Gasteiger partial charge in [-0.15, -0.1) is 0 Å². The van der Waals surface area contributed by atoms with Crippen LogP contribution in [0.3, 0.4) is 0 Å². The number of nitrogens with zero attached hydrogens (tertiary/aromatic N) is 4. The maximum atomic E-state index is 12.4. The van der Waals surface area contributed by atoms with Gasteiger partial charge in [-0.1, -0.05) is 36.3 Å². The molecule has 1 N–H and O–H groups in total. The first-order valence-corrected chi connectivity index (χ1v) is 9.88. The predicted molar refractivity (Wildman–Crippen MR) is 101 cm³/mol. The molecule has 1 aliphatic heterocycles. The Hall–Kier alpha value is -2.41. The molecule has 2 heterocycles. The van der Waals surface area contributed by atoms with Crippen molar-refractivity contribution in [3.8, 4) is 0 Å². The third-order valence-corrected chi connectivity index (χ3v) is 5.66. The van der Waals surface area contributed by atoms with E-state index in [0.717, 1.165) is 45.4 Å². The van der Waals surface area contributed by atoms with Crippen molar-refractivity contribution in [2.24, 2.45) is 0 Å². The molecule has 2 amide bonds. The van der Waals surface area contributed by atoms with Crippen molar-refractivity contribution in [2.45, 2.75) is 45.2 Å². The number of aromatic nitrogens is 2. The normalized spacial score (nSPS) is 20.3. The number of carbonyl (C=O) groups excluding carboxylic acids is 1. The summed E-state index contributed by atoms with van der Waals surface area (Å²) in [5.74, 6) is 1.13. The number of fused-ring (bicyclic) bond motifs is 1. The molecule has 7 heteroatoms. The van der Waals surface area contributed by atoms with Crippen LogP contribution in [0.2, 0.25) is 0 Å². The molecule has 1 saturated heterocycles. The summed E-state index contributed by atoms with van der Waals surface area (Å²) in [6.07, 6.45) is 4.22. The van der Waals surface area contributed by atoms with Crippen LogP contribution in [0.5, 0.6) is 0 Å². The van der Waals surface area contributed by atoms with Gasteiger partial charge in [0, 0.05) is 38.6 Å². The quantitative estimate of drug-likeness (QED) is 0.892. The van der Waals surface area contributed by atoms with Gasteiger partial charge in [0.1, 0.15) is 0 Å². The lowest BCUT2D eigenvalue weighted by Crippen LogP contribution is -2.55. The van der Waals surface area contributed by atoms with Gasteiger partial charge in [0.2, 0.25) is 5.89 Å². The molecule has 1 fully saturated rings. The number of amides is 2. The summed E-state index contributed by atoms with van der Waals surface area (Å²) in [6, 6.07) is 9.31. The number of carbonyl (C=O) groups is 1. The van der Waals surface area contributed by atoms with Crippen LogP contribution in [0.25, 0.3) is 0 Å². The second-order valence-electron chi connectivity index (χ2n) is 7.30. The standard InChI is InChI=1S/C20H27N5O2/c1-2-18-22-19(27-23-18)14-21-20(26)25-11-9-24(10-12-25)17-8-7-15-5-3-4-6-16(15)13-17/h3-6,17H,2,7-14H2,1H3,(H,21,26)/t17-/m1/s1. The van der Waals surface area contributed by atoms with E-state index in [1.165, 1.54) is 17.5 Å². The van der Waals surface area contributed by atoms with Crippen molar-refractivity contribution in [2.75, 3.05) is 26.2 Å². The Morgan fingerprint density at radius 2 is 2.00 bits per heavy atom. The van der Waals surface area contributed by atoms with Gasteiger partial charge in [-0.3, -0.25) is 4.90 Å². The van der Waals surface area contributed by atoms with Crippen molar-refractivity contribution in [1.82, 2.24) is 25.3 Å². The van der Waals surface area contributed by atoms with Crippen LogP contribution in [0.15, 0.2) is 28.8 Å². The van der Waals surface area contributed by atoms with Gasteiger partial charge in [-0.05, 0) is 30.4 Å². The second kappa shape index (κ2) is 8.08. The Labute approximate surface area is 159 Å². The topological polar surface area (TPSA) is 74.5 Å². The fraction of sp³-hybridized carbons (Fsp3) is 0.550. The number of nitrogens with one attached hydrogen (secondary N) is 1. The molecule has 0 spiro atoms. The lowest BCUT2D eigenvalue weighted by Gasteiger charge is -2.41. The predicted octanol–water partition coefficient (Wildman–Crippen LogP) is 2.02. The van der Waals surface area contributed by atoms with E-state index in [1.54, 1.807) is 0 Å². The Bertz CT molecular complexity index is 782. The maximum Gasteiger partial charge on any atom is 0.317 e. The van der Waals surface area contributed by atoms with E-state index in [-0.39, 0.29) is 12.6 Å².